The van der Waals surface area contributed by atoms with Crippen LogP contribution in [0, 0.1) is 0 Å². The fourth-order valence-corrected chi connectivity index (χ4v) is 3.15. The van der Waals surface area contributed by atoms with Crippen LogP contribution in [0.3, 0.4) is 0 Å². The van der Waals surface area contributed by atoms with E-state index < -0.39 is 0 Å². The van der Waals surface area contributed by atoms with Crippen LogP contribution < -0.4 is 5.32 Å². The molecule has 6 heteroatoms. The van der Waals surface area contributed by atoms with Crippen LogP contribution in [0.25, 0.3) is 6.08 Å². The monoisotopic (exact) mass is 387 g/mol. The van der Waals surface area contributed by atoms with Gasteiger partial charge >= 0.3 is 12.0 Å². The van der Waals surface area contributed by atoms with Gasteiger partial charge in [-0.15, -0.1) is 0 Å². The number of unbranched alkanes of at least 4 members (excludes halogenated alkanes) is 2. The third-order valence-electron chi connectivity index (χ3n) is 4.77. The first-order valence-corrected chi connectivity index (χ1v) is 10.3. The second-order valence-electron chi connectivity index (χ2n) is 6.95. The Bertz CT molecular complexity index is 611. The van der Waals surface area contributed by atoms with Crippen LogP contribution in [-0.2, 0) is 9.53 Å². The van der Waals surface area contributed by atoms with E-state index in [0.29, 0.717) is 19.6 Å². The number of carbonyl (C=O) groups excluding carboxylic acids is 2. The van der Waals surface area contributed by atoms with E-state index in [1.165, 1.54) is 5.56 Å². The van der Waals surface area contributed by atoms with Crippen molar-refractivity contribution in [1.82, 2.24) is 15.1 Å². The van der Waals surface area contributed by atoms with Crippen LogP contribution in [0.15, 0.2) is 36.4 Å². The Morgan fingerprint density at radius 3 is 2.54 bits per heavy atom. The molecule has 1 saturated heterocycles. The van der Waals surface area contributed by atoms with Gasteiger partial charge in [-0.25, -0.2) is 4.79 Å². The second-order valence-corrected chi connectivity index (χ2v) is 6.95. The Kier molecular flexibility index (Phi) is 10.1. The van der Waals surface area contributed by atoms with Gasteiger partial charge in [0.15, 0.2) is 0 Å². The molecule has 0 unspecified atom stereocenters. The van der Waals surface area contributed by atoms with Gasteiger partial charge in [-0.05, 0) is 25.3 Å². The number of piperazine rings is 1. The van der Waals surface area contributed by atoms with E-state index in [2.05, 4.69) is 34.5 Å². The zero-order valence-electron chi connectivity index (χ0n) is 16.9. The maximum absolute atomic E-state index is 12.2. The van der Waals surface area contributed by atoms with E-state index in [9.17, 15) is 9.59 Å². The van der Waals surface area contributed by atoms with Crippen molar-refractivity contribution in [2.45, 2.75) is 32.6 Å². The molecule has 1 heterocycles. The van der Waals surface area contributed by atoms with Crippen molar-refractivity contribution in [3.8, 4) is 0 Å². The molecule has 2 amide bonds. The third-order valence-corrected chi connectivity index (χ3v) is 4.77. The van der Waals surface area contributed by atoms with Crippen molar-refractivity contribution in [3.63, 3.8) is 0 Å². The zero-order chi connectivity index (χ0) is 20.0. The number of benzene rings is 1. The summed E-state index contributed by atoms with van der Waals surface area (Å²) in [6, 6.07) is 10.3. The van der Waals surface area contributed by atoms with Crippen LogP contribution >= 0.6 is 0 Å². The lowest BCUT2D eigenvalue weighted by atomic mass is 10.2. The maximum Gasteiger partial charge on any atom is 0.317 e. The maximum atomic E-state index is 12.2. The highest BCUT2D eigenvalue weighted by molar-refractivity contribution is 5.74. The fraction of sp³-hybridized carbons (Fsp3) is 0.545. The van der Waals surface area contributed by atoms with Crippen molar-refractivity contribution >= 4 is 18.1 Å². The molecular formula is C22H33N3O3. The third kappa shape index (κ3) is 8.57. The van der Waals surface area contributed by atoms with E-state index in [1.54, 1.807) is 0 Å². The molecule has 0 aliphatic carbocycles. The molecule has 0 bridgehead atoms. The molecule has 0 radical (unpaired) electrons. The highest BCUT2D eigenvalue weighted by Gasteiger charge is 2.19. The second kappa shape index (κ2) is 12.9. The molecule has 6 nitrogen and oxygen atoms in total. The quantitative estimate of drug-likeness (QED) is 0.495. The Morgan fingerprint density at radius 1 is 1.07 bits per heavy atom. The van der Waals surface area contributed by atoms with Gasteiger partial charge in [-0.3, -0.25) is 9.69 Å². The SMILES string of the molecule is CCOC(=O)CCCCCNC(=O)N1CCN(CC=Cc2ccccc2)CC1. The molecule has 1 aromatic carbocycles. The lowest BCUT2D eigenvalue weighted by molar-refractivity contribution is -0.143. The number of ether oxygens (including phenoxy) is 1. The summed E-state index contributed by atoms with van der Waals surface area (Å²) in [4.78, 5) is 27.7. The summed E-state index contributed by atoms with van der Waals surface area (Å²) in [6.45, 7) is 7.12. The van der Waals surface area contributed by atoms with Crippen LogP contribution in [0.5, 0.6) is 0 Å². The highest BCUT2D eigenvalue weighted by Crippen LogP contribution is 2.05. The smallest absolute Gasteiger partial charge is 0.317 e. The number of urea groups is 1. The lowest BCUT2D eigenvalue weighted by Gasteiger charge is -2.34. The summed E-state index contributed by atoms with van der Waals surface area (Å²) in [7, 11) is 0. The van der Waals surface area contributed by atoms with Crippen molar-refractivity contribution in [2.75, 3.05) is 45.9 Å². The highest BCUT2D eigenvalue weighted by atomic mass is 16.5. The molecule has 1 aromatic rings. The van der Waals surface area contributed by atoms with E-state index in [1.807, 2.05) is 30.0 Å². The first-order chi connectivity index (χ1) is 13.7. The molecule has 1 aliphatic rings. The summed E-state index contributed by atoms with van der Waals surface area (Å²) >= 11 is 0. The molecule has 2 rings (SSSR count). The predicted molar refractivity (Wildman–Crippen MR) is 112 cm³/mol. The van der Waals surface area contributed by atoms with Gasteiger partial charge in [0.25, 0.3) is 0 Å². The van der Waals surface area contributed by atoms with Crippen LogP contribution in [0.1, 0.15) is 38.2 Å². The molecule has 1 fully saturated rings. The molecular weight excluding hydrogens is 354 g/mol. The topological polar surface area (TPSA) is 61.9 Å². The molecule has 154 valence electrons. The first kappa shape index (κ1) is 22.0. The molecule has 0 atom stereocenters. The number of carbonyl (C=O) groups is 2. The van der Waals surface area contributed by atoms with Crippen molar-refractivity contribution in [3.05, 3.63) is 42.0 Å². The van der Waals surface area contributed by atoms with Crippen molar-refractivity contribution in [2.24, 2.45) is 0 Å². The Morgan fingerprint density at radius 2 is 1.82 bits per heavy atom. The summed E-state index contributed by atoms with van der Waals surface area (Å²) in [5.41, 5.74) is 1.21. The minimum atomic E-state index is -0.136. The van der Waals surface area contributed by atoms with Gasteiger partial charge in [0, 0.05) is 45.7 Å². The number of hydrogen-bond donors (Lipinski definition) is 1. The molecule has 28 heavy (non-hydrogen) atoms. The average molecular weight is 388 g/mol. The number of hydrogen-bond acceptors (Lipinski definition) is 4. The van der Waals surface area contributed by atoms with E-state index in [4.69, 9.17) is 4.74 Å². The normalized spacial score (nSPS) is 15.0. The number of amides is 2. The van der Waals surface area contributed by atoms with Gasteiger partial charge < -0.3 is 15.0 Å². The van der Waals surface area contributed by atoms with Gasteiger partial charge in [-0.2, -0.15) is 0 Å². The average Bonchev–Trinajstić information content (AvgIpc) is 2.72. The number of nitrogens with one attached hydrogen (secondary N) is 1. The predicted octanol–water partition coefficient (Wildman–Crippen LogP) is 3.15. The Labute approximate surface area is 168 Å². The van der Waals surface area contributed by atoms with E-state index in [-0.39, 0.29) is 12.0 Å². The molecule has 1 aliphatic heterocycles. The standard InChI is InChI=1S/C22H33N3O3/c1-2-28-21(26)13-7-4-8-14-23-22(27)25-18-16-24(17-19-25)15-9-12-20-10-5-3-6-11-20/h3,5-6,9-12H,2,4,7-8,13-19H2,1H3,(H,23,27). The largest absolute Gasteiger partial charge is 0.466 e. The number of rotatable bonds is 10. The van der Waals surface area contributed by atoms with Gasteiger partial charge in [0.2, 0.25) is 0 Å². The summed E-state index contributed by atoms with van der Waals surface area (Å²) < 4.78 is 4.90. The van der Waals surface area contributed by atoms with E-state index in [0.717, 1.165) is 52.0 Å². The Balaban J connectivity index is 1.53. The van der Waals surface area contributed by atoms with E-state index >= 15 is 0 Å². The molecule has 0 spiro atoms. The minimum absolute atomic E-state index is 0.0184. The molecule has 0 aromatic heterocycles. The zero-order valence-corrected chi connectivity index (χ0v) is 16.9. The lowest BCUT2D eigenvalue weighted by Crippen LogP contribution is -2.51. The number of esters is 1. The number of nitrogens with zero attached hydrogens (tertiary/aromatic N) is 2. The van der Waals surface area contributed by atoms with Crippen LogP contribution in [-0.4, -0.2) is 67.7 Å². The van der Waals surface area contributed by atoms with Crippen LogP contribution in [0.4, 0.5) is 4.79 Å². The first-order valence-electron chi connectivity index (χ1n) is 10.3. The minimum Gasteiger partial charge on any atom is -0.466 e. The van der Waals surface area contributed by atoms with Crippen molar-refractivity contribution < 1.29 is 14.3 Å². The Hall–Kier alpha value is -2.34. The fourth-order valence-electron chi connectivity index (χ4n) is 3.15. The van der Waals surface area contributed by atoms with Crippen LogP contribution in [0.2, 0.25) is 0 Å². The molecule has 1 N–H and O–H groups in total. The van der Waals surface area contributed by atoms with Crippen molar-refractivity contribution in [1.29, 1.82) is 0 Å². The summed E-state index contributed by atoms with van der Waals surface area (Å²) in [5, 5.41) is 2.98. The summed E-state index contributed by atoms with van der Waals surface area (Å²) in [5.74, 6) is -0.136. The van der Waals surface area contributed by atoms with Gasteiger partial charge in [0.1, 0.15) is 0 Å². The summed E-state index contributed by atoms with van der Waals surface area (Å²) in [6.07, 6.45) is 7.39. The van der Waals surface area contributed by atoms with Gasteiger partial charge in [-0.1, -0.05) is 48.9 Å². The van der Waals surface area contributed by atoms with Gasteiger partial charge in [0.05, 0.1) is 6.61 Å². The molecule has 0 saturated carbocycles.